The molecular weight excluding hydrogens is 472 g/mol. The van der Waals surface area contributed by atoms with Gasteiger partial charge in [-0.15, -0.1) is 0 Å². The van der Waals surface area contributed by atoms with Crippen molar-refractivity contribution in [3.63, 3.8) is 0 Å². The van der Waals surface area contributed by atoms with Crippen molar-refractivity contribution in [2.75, 3.05) is 19.3 Å². The van der Waals surface area contributed by atoms with Gasteiger partial charge in [-0.2, -0.15) is 0 Å². The van der Waals surface area contributed by atoms with Crippen LogP contribution in [0.2, 0.25) is 0 Å². The summed E-state index contributed by atoms with van der Waals surface area (Å²) < 4.78 is 2.49. The molecule has 146 valence electrons. The summed E-state index contributed by atoms with van der Waals surface area (Å²) in [7, 11) is -2.05. The summed E-state index contributed by atoms with van der Waals surface area (Å²) in [6, 6.07) is 34.0. The molecule has 1 fully saturated rings. The molecule has 1 nitrogen and oxygen atoms in total. The third-order valence-corrected chi connectivity index (χ3v) is 12.1. The molecule has 1 aliphatic heterocycles. The van der Waals surface area contributed by atoms with E-state index in [4.69, 9.17) is 0 Å². The number of hydrogen-bond donors (Lipinski definition) is 0. The van der Waals surface area contributed by atoms with E-state index in [1.807, 2.05) is 0 Å². The molecule has 3 heteroatoms. The van der Waals surface area contributed by atoms with Crippen LogP contribution < -0.4 is 15.9 Å². The van der Waals surface area contributed by atoms with Crippen molar-refractivity contribution in [3.8, 4) is 0 Å². The summed E-state index contributed by atoms with van der Waals surface area (Å²) >= 11 is 2.51. The quantitative estimate of drug-likeness (QED) is 0.256. The fraction of sp³-hybridized carbons (Fsp3) is 0.280. The van der Waals surface area contributed by atoms with E-state index in [9.17, 15) is 0 Å². The van der Waals surface area contributed by atoms with Crippen LogP contribution in [-0.4, -0.2) is 22.4 Å². The Morgan fingerprint density at radius 2 is 1.21 bits per heavy atom. The van der Waals surface area contributed by atoms with E-state index in [-0.39, 0.29) is 0 Å². The Balaban J connectivity index is 1.79. The summed E-state index contributed by atoms with van der Waals surface area (Å²) in [6.07, 6.45) is 5.30. The molecule has 1 unspecified atom stereocenters. The fourth-order valence-electron chi connectivity index (χ4n) is 4.77. The van der Waals surface area contributed by atoms with Gasteiger partial charge >= 0.3 is 185 Å². The molecule has 3 aromatic rings. The van der Waals surface area contributed by atoms with Crippen LogP contribution in [0.5, 0.6) is 0 Å². The third kappa shape index (κ3) is 4.35. The first-order valence-electron chi connectivity index (χ1n) is 10.4. The molecule has 0 N–H and O–H groups in total. The number of piperidine rings is 1. The Morgan fingerprint density at radius 3 is 1.64 bits per heavy atom. The number of benzene rings is 3. The summed E-state index contributed by atoms with van der Waals surface area (Å²) in [6.45, 7) is 2.49. The molecule has 3 aromatic carbocycles. The van der Waals surface area contributed by atoms with Crippen LogP contribution in [0.3, 0.4) is 0 Å². The van der Waals surface area contributed by atoms with Gasteiger partial charge in [-0.1, -0.05) is 0 Å². The van der Waals surface area contributed by atoms with Crippen molar-refractivity contribution in [2.45, 2.75) is 19.3 Å². The second-order valence-electron chi connectivity index (χ2n) is 7.92. The van der Waals surface area contributed by atoms with Crippen LogP contribution in [0.15, 0.2) is 91.0 Å². The molecule has 0 saturated carbocycles. The normalized spacial score (nSPS) is 18.7. The molecule has 4 rings (SSSR count). The minimum absolute atomic E-state index is 0.814. The molecule has 0 amide bonds. The van der Waals surface area contributed by atoms with Gasteiger partial charge in [-0.05, 0) is 0 Å². The van der Waals surface area contributed by atoms with Crippen LogP contribution in [0.1, 0.15) is 19.3 Å². The van der Waals surface area contributed by atoms with Gasteiger partial charge in [0.1, 0.15) is 0 Å². The minimum atomic E-state index is -2.05. The summed E-state index contributed by atoms with van der Waals surface area (Å²) in [5.41, 5.74) is 0. The van der Waals surface area contributed by atoms with Crippen LogP contribution >= 0.6 is 30.1 Å². The summed E-state index contributed by atoms with van der Waals surface area (Å²) in [5.74, 6) is 0.814. The molecule has 0 spiro atoms. The van der Waals surface area contributed by atoms with Crippen LogP contribution in [0.4, 0.5) is 0 Å². The van der Waals surface area contributed by atoms with E-state index >= 15 is 0 Å². The van der Waals surface area contributed by atoms with E-state index < -0.39 is 7.26 Å². The first kappa shape index (κ1) is 20.1. The van der Waals surface area contributed by atoms with Gasteiger partial charge in [0.15, 0.2) is 0 Å². The Labute approximate surface area is 184 Å². The predicted molar refractivity (Wildman–Crippen MR) is 134 cm³/mol. The maximum atomic E-state index is 2.51. The SMILES string of the molecule is IN1CCCC(CC[PH](c2ccccc2)(c2ccccc2)c2ccccc2)C1. The van der Waals surface area contributed by atoms with E-state index in [1.54, 1.807) is 0 Å². The van der Waals surface area contributed by atoms with E-state index in [1.165, 1.54) is 54.4 Å². The first-order valence-corrected chi connectivity index (χ1v) is 13.5. The van der Waals surface area contributed by atoms with Crippen LogP contribution in [0.25, 0.3) is 0 Å². The zero-order valence-corrected chi connectivity index (χ0v) is 19.5. The Kier molecular flexibility index (Phi) is 6.82. The van der Waals surface area contributed by atoms with Crippen LogP contribution in [0, 0.1) is 5.92 Å². The molecule has 28 heavy (non-hydrogen) atoms. The number of rotatable bonds is 6. The molecule has 0 aliphatic carbocycles. The zero-order chi connectivity index (χ0) is 19.2. The van der Waals surface area contributed by atoms with Crippen molar-refractivity contribution < 1.29 is 0 Å². The van der Waals surface area contributed by atoms with Crippen molar-refractivity contribution in [1.29, 1.82) is 0 Å². The summed E-state index contributed by atoms with van der Waals surface area (Å²) in [4.78, 5) is 0. The van der Waals surface area contributed by atoms with E-state index in [0.29, 0.717) is 0 Å². The maximum absolute atomic E-state index is 2.51. The molecular formula is C25H29INP. The molecule has 0 radical (unpaired) electrons. The average Bonchev–Trinajstić information content (AvgIpc) is 2.77. The summed E-state index contributed by atoms with van der Waals surface area (Å²) in [5, 5.41) is 4.61. The fourth-order valence-corrected chi connectivity index (χ4v) is 10.7. The third-order valence-electron chi connectivity index (χ3n) is 6.20. The standard InChI is InChI=1S/C25H29INP/c26-27-19-10-11-22(21-27)18-20-28(23-12-4-1-5-13-23,24-14-6-2-7-15-24)25-16-8-3-9-17-25/h1-9,12-17,22,28H,10-11,18-21H2. The molecule has 1 aliphatic rings. The van der Waals surface area contributed by atoms with Crippen molar-refractivity contribution in [2.24, 2.45) is 5.92 Å². The van der Waals surface area contributed by atoms with Gasteiger partial charge in [0.05, 0.1) is 0 Å². The van der Waals surface area contributed by atoms with Gasteiger partial charge in [0, 0.05) is 0 Å². The van der Waals surface area contributed by atoms with E-state index in [0.717, 1.165) is 5.92 Å². The molecule has 1 heterocycles. The predicted octanol–water partition coefficient (Wildman–Crippen LogP) is 5.16. The number of hydrogen-bond acceptors (Lipinski definition) is 1. The van der Waals surface area contributed by atoms with Crippen molar-refractivity contribution in [3.05, 3.63) is 91.0 Å². The Morgan fingerprint density at radius 1 is 0.750 bits per heavy atom. The van der Waals surface area contributed by atoms with E-state index in [2.05, 4.69) is 117 Å². The number of halogens is 1. The van der Waals surface area contributed by atoms with Gasteiger partial charge in [-0.3, -0.25) is 0 Å². The van der Waals surface area contributed by atoms with Gasteiger partial charge < -0.3 is 0 Å². The molecule has 1 atom stereocenters. The zero-order valence-electron chi connectivity index (χ0n) is 16.3. The Hall–Kier alpha value is -1.22. The first-order chi connectivity index (χ1) is 13.8. The molecule has 0 bridgehead atoms. The molecule has 1 saturated heterocycles. The molecule has 0 aromatic heterocycles. The second kappa shape index (κ2) is 9.52. The van der Waals surface area contributed by atoms with Crippen molar-refractivity contribution in [1.82, 2.24) is 3.11 Å². The average molecular weight is 501 g/mol. The monoisotopic (exact) mass is 501 g/mol. The van der Waals surface area contributed by atoms with Gasteiger partial charge in [0.25, 0.3) is 0 Å². The second-order valence-corrected chi connectivity index (χ2v) is 13.3. The van der Waals surface area contributed by atoms with Crippen LogP contribution in [-0.2, 0) is 0 Å². The van der Waals surface area contributed by atoms with Gasteiger partial charge in [0.2, 0.25) is 0 Å². The van der Waals surface area contributed by atoms with Gasteiger partial charge in [-0.25, -0.2) is 0 Å². The topological polar surface area (TPSA) is 3.24 Å². The van der Waals surface area contributed by atoms with Crippen molar-refractivity contribution >= 4 is 46.0 Å². The Bertz CT molecular complexity index is 757. The number of nitrogens with zero attached hydrogens (tertiary/aromatic N) is 1.